The van der Waals surface area contributed by atoms with Gasteiger partial charge in [-0.05, 0) is 12.1 Å². The van der Waals surface area contributed by atoms with Gasteiger partial charge in [-0.25, -0.2) is 4.98 Å². The van der Waals surface area contributed by atoms with Crippen LogP contribution in [-0.2, 0) is 0 Å². The Bertz CT molecular complexity index is 789. The van der Waals surface area contributed by atoms with Gasteiger partial charge in [0.15, 0.2) is 0 Å². The lowest BCUT2D eigenvalue weighted by Gasteiger charge is -2.04. The molecule has 0 saturated heterocycles. The Morgan fingerprint density at radius 1 is 1.26 bits per heavy atom. The van der Waals surface area contributed by atoms with Crippen molar-refractivity contribution in [1.29, 1.82) is 0 Å². The largest absolute Gasteiger partial charge is 0.330 e. The quantitative estimate of drug-likeness (QED) is 0.722. The molecule has 3 rings (SSSR count). The minimum atomic E-state index is -0.473. The molecule has 0 radical (unpaired) electrons. The molecule has 1 amide bonds. The molecule has 2 heterocycles. The van der Waals surface area contributed by atoms with Crippen LogP contribution in [0.15, 0.2) is 53.7 Å². The second kappa shape index (κ2) is 4.41. The first-order valence-electron chi connectivity index (χ1n) is 5.67. The van der Waals surface area contributed by atoms with Crippen molar-refractivity contribution in [2.45, 2.75) is 0 Å². The molecule has 0 bridgehead atoms. The van der Waals surface area contributed by atoms with Crippen molar-refractivity contribution in [3.8, 4) is 0 Å². The zero-order valence-electron chi connectivity index (χ0n) is 9.83. The Balaban J connectivity index is 1.98. The number of amides is 1. The topological polar surface area (TPSA) is 79.3 Å². The first-order valence-corrected chi connectivity index (χ1v) is 5.67. The fourth-order valence-electron chi connectivity index (χ4n) is 1.78. The molecular formula is C13H10N4O2. The normalized spacial score (nSPS) is 10.5. The Morgan fingerprint density at radius 2 is 2.05 bits per heavy atom. The summed E-state index contributed by atoms with van der Waals surface area (Å²) < 4.78 is 1.29. The maximum Gasteiger partial charge on any atom is 0.271 e. The average molecular weight is 254 g/mol. The van der Waals surface area contributed by atoms with E-state index < -0.39 is 11.5 Å². The summed E-state index contributed by atoms with van der Waals surface area (Å²) in [7, 11) is 0. The van der Waals surface area contributed by atoms with Crippen molar-refractivity contribution < 1.29 is 4.79 Å². The first kappa shape index (κ1) is 11.2. The Morgan fingerprint density at radius 3 is 2.84 bits per heavy atom. The zero-order chi connectivity index (χ0) is 13.2. The number of carbonyl (C=O) groups is 1. The van der Waals surface area contributed by atoms with Gasteiger partial charge in [-0.1, -0.05) is 18.2 Å². The van der Waals surface area contributed by atoms with Crippen LogP contribution in [0, 0.1) is 0 Å². The molecule has 0 saturated carbocycles. The van der Waals surface area contributed by atoms with Gasteiger partial charge in [-0.3, -0.25) is 14.0 Å². The zero-order valence-corrected chi connectivity index (χ0v) is 9.83. The highest BCUT2D eigenvalue weighted by molar-refractivity contribution is 6.03. The van der Waals surface area contributed by atoms with Crippen molar-refractivity contribution in [2.75, 3.05) is 5.32 Å². The van der Waals surface area contributed by atoms with Gasteiger partial charge in [0.2, 0.25) is 5.78 Å². The molecule has 0 aliphatic carbocycles. The fourth-order valence-corrected chi connectivity index (χ4v) is 1.78. The van der Waals surface area contributed by atoms with Gasteiger partial charge >= 0.3 is 0 Å². The number of hydrogen-bond donors (Lipinski definition) is 2. The molecule has 0 unspecified atom stereocenters. The molecule has 6 heteroatoms. The van der Waals surface area contributed by atoms with Crippen LogP contribution in [0.3, 0.4) is 0 Å². The third-order valence-corrected chi connectivity index (χ3v) is 2.71. The van der Waals surface area contributed by atoms with Crippen molar-refractivity contribution in [2.24, 2.45) is 0 Å². The number of nitrogens with zero attached hydrogens (tertiary/aromatic N) is 2. The highest BCUT2D eigenvalue weighted by atomic mass is 16.2. The molecule has 6 nitrogen and oxygen atoms in total. The van der Waals surface area contributed by atoms with Crippen LogP contribution < -0.4 is 10.9 Å². The van der Waals surface area contributed by atoms with Crippen LogP contribution in [0.4, 0.5) is 5.69 Å². The van der Waals surface area contributed by atoms with E-state index in [4.69, 9.17) is 0 Å². The molecule has 0 fully saturated rings. The molecule has 0 aliphatic heterocycles. The van der Waals surface area contributed by atoms with Crippen LogP contribution in [0.25, 0.3) is 5.78 Å². The van der Waals surface area contributed by atoms with E-state index in [1.807, 2.05) is 6.07 Å². The van der Waals surface area contributed by atoms with Gasteiger partial charge in [0, 0.05) is 24.3 Å². The van der Waals surface area contributed by atoms with Crippen LogP contribution in [-0.4, -0.2) is 20.3 Å². The van der Waals surface area contributed by atoms with E-state index >= 15 is 0 Å². The number of hydrogen-bond acceptors (Lipinski definition) is 3. The molecule has 3 aromatic rings. The molecule has 0 aliphatic rings. The van der Waals surface area contributed by atoms with Gasteiger partial charge in [-0.2, -0.15) is 0 Å². The van der Waals surface area contributed by atoms with Gasteiger partial charge in [-0.15, -0.1) is 0 Å². The number of nitrogens with one attached hydrogen (secondary N) is 2. The third kappa shape index (κ3) is 1.99. The monoisotopic (exact) mass is 254 g/mol. The molecule has 94 valence electrons. The summed E-state index contributed by atoms with van der Waals surface area (Å²) in [5, 5.41) is 2.65. The lowest BCUT2D eigenvalue weighted by Crippen LogP contribution is -2.26. The van der Waals surface area contributed by atoms with Gasteiger partial charge in [0.25, 0.3) is 11.5 Å². The minimum absolute atomic E-state index is 0.000882. The molecule has 1 aromatic carbocycles. The maximum atomic E-state index is 12.1. The summed E-state index contributed by atoms with van der Waals surface area (Å²) in [6.07, 6.45) is 4.39. The third-order valence-electron chi connectivity index (χ3n) is 2.71. The van der Waals surface area contributed by atoms with Gasteiger partial charge in [0.1, 0.15) is 5.56 Å². The average Bonchev–Trinajstić information content (AvgIpc) is 2.89. The first-order chi connectivity index (χ1) is 9.25. The van der Waals surface area contributed by atoms with E-state index in [0.29, 0.717) is 11.5 Å². The number of rotatable bonds is 2. The van der Waals surface area contributed by atoms with E-state index in [1.54, 1.807) is 30.5 Å². The summed E-state index contributed by atoms with van der Waals surface area (Å²) in [5.41, 5.74) is 0.228. The number of carbonyl (C=O) groups excluding carboxylic acids is 1. The number of aromatic amines is 1. The summed E-state index contributed by atoms with van der Waals surface area (Å²) in [6, 6.07) is 8.94. The van der Waals surface area contributed by atoms with Crippen LogP contribution in [0.2, 0.25) is 0 Å². The molecule has 0 atom stereocenters. The number of aromatic nitrogens is 3. The van der Waals surface area contributed by atoms with E-state index in [9.17, 15) is 9.59 Å². The SMILES string of the molecule is O=C(Nc1ccccc1)c1cnc2[nH]ccn2c1=O. The molecule has 2 N–H and O–H groups in total. The van der Waals surface area contributed by atoms with E-state index in [2.05, 4.69) is 15.3 Å². The predicted molar refractivity (Wildman–Crippen MR) is 70.2 cm³/mol. The van der Waals surface area contributed by atoms with Crippen LogP contribution >= 0.6 is 0 Å². The number of fused-ring (bicyclic) bond motifs is 1. The van der Waals surface area contributed by atoms with Gasteiger partial charge in [0.05, 0.1) is 0 Å². The minimum Gasteiger partial charge on any atom is -0.330 e. The summed E-state index contributed by atoms with van der Waals surface area (Å²) >= 11 is 0. The van der Waals surface area contributed by atoms with E-state index in [0.717, 1.165) is 0 Å². The second-order valence-corrected chi connectivity index (χ2v) is 3.95. The smallest absolute Gasteiger partial charge is 0.271 e. The van der Waals surface area contributed by atoms with Crippen LogP contribution in [0.1, 0.15) is 10.4 Å². The summed E-state index contributed by atoms with van der Waals surface area (Å²) in [4.78, 5) is 30.9. The second-order valence-electron chi connectivity index (χ2n) is 3.95. The summed E-state index contributed by atoms with van der Waals surface area (Å²) in [5.74, 6) is -0.0689. The van der Waals surface area contributed by atoms with Crippen molar-refractivity contribution in [3.05, 3.63) is 64.8 Å². The number of imidazole rings is 1. The summed E-state index contributed by atoms with van der Waals surface area (Å²) in [6.45, 7) is 0. The molecular weight excluding hydrogens is 244 g/mol. The van der Waals surface area contributed by atoms with Crippen molar-refractivity contribution in [3.63, 3.8) is 0 Å². The van der Waals surface area contributed by atoms with E-state index in [1.165, 1.54) is 16.8 Å². The molecule has 19 heavy (non-hydrogen) atoms. The Kier molecular flexibility index (Phi) is 2.60. The van der Waals surface area contributed by atoms with Crippen molar-refractivity contribution >= 4 is 17.4 Å². The van der Waals surface area contributed by atoms with Crippen LogP contribution in [0.5, 0.6) is 0 Å². The number of anilines is 1. The molecule has 2 aromatic heterocycles. The highest BCUT2D eigenvalue weighted by Gasteiger charge is 2.13. The number of H-pyrrole nitrogens is 1. The Labute approximate surface area is 107 Å². The molecule has 0 spiro atoms. The lowest BCUT2D eigenvalue weighted by molar-refractivity contribution is 0.102. The predicted octanol–water partition coefficient (Wildman–Crippen LogP) is 1.27. The maximum absolute atomic E-state index is 12.1. The van der Waals surface area contributed by atoms with Gasteiger partial charge < -0.3 is 10.3 Å². The lowest BCUT2D eigenvalue weighted by atomic mass is 10.2. The number of para-hydroxylation sites is 1. The fraction of sp³-hybridized carbons (Fsp3) is 0. The number of benzene rings is 1. The van der Waals surface area contributed by atoms with Crippen molar-refractivity contribution in [1.82, 2.24) is 14.4 Å². The standard InChI is InChI=1S/C13H10N4O2/c18-11(16-9-4-2-1-3-5-9)10-8-15-13-14-6-7-17(13)12(10)19/h1-8H,(H,14,15)(H,16,18). The van der Waals surface area contributed by atoms with E-state index in [-0.39, 0.29) is 5.56 Å². The highest BCUT2D eigenvalue weighted by Crippen LogP contribution is 2.06. The Hall–Kier alpha value is -2.89.